The zero-order chi connectivity index (χ0) is 14.5. The van der Waals surface area contributed by atoms with Crippen LogP contribution >= 0.6 is 15.9 Å². The standard InChI is InChI=1S/C16H24BrFN2/c1-12(15-4-3-14(18)11-16(15)17)20-9-6-13(7-10-20)5-8-19-2/h3-4,11-13,19H,5-10H2,1-2H3. The number of hydrogen-bond donors (Lipinski definition) is 1. The molecule has 1 fully saturated rings. The highest BCUT2D eigenvalue weighted by Gasteiger charge is 2.24. The van der Waals surface area contributed by atoms with Crippen molar-refractivity contribution in [2.45, 2.75) is 32.2 Å². The van der Waals surface area contributed by atoms with E-state index < -0.39 is 0 Å². The van der Waals surface area contributed by atoms with Gasteiger partial charge >= 0.3 is 0 Å². The number of likely N-dealkylation sites (tertiary alicyclic amines) is 1. The molecule has 1 atom stereocenters. The molecule has 0 amide bonds. The average molecular weight is 343 g/mol. The molecule has 1 unspecified atom stereocenters. The third-order valence-corrected chi connectivity index (χ3v) is 5.10. The van der Waals surface area contributed by atoms with Crippen molar-refractivity contribution in [3.63, 3.8) is 0 Å². The van der Waals surface area contributed by atoms with E-state index in [4.69, 9.17) is 0 Å². The lowest BCUT2D eigenvalue weighted by atomic mass is 9.92. The fraction of sp³-hybridized carbons (Fsp3) is 0.625. The molecule has 0 radical (unpaired) electrons. The molecule has 2 rings (SSSR count). The lowest BCUT2D eigenvalue weighted by Gasteiger charge is -2.36. The predicted molar refractivity (Wildman–Crippen MR) is 85.4 cm³/mol. The number of hydrogen-bond acceptors (Lipinski definition) is 2. The van der Waals surface area contributed by atoms with E-state index in [1.54, 1.807) is 12.1 Å². The fourth-order valence-electron chi connectivity index (χ4n) is 3.01. The monoisotopic (exact) mass is 342 g/mol. The second kappa shape index (κ2) is 7.53. The normalized spacial score (nSPS) is 19.2. The predicted octanol–water partition coefficient (Wildman–Crippen LogP) is 3.97. The second-order valence-corrected chi connectivity index (χ2v) is 6.57. The van der Waals surface area contributed by atoms with Gasteiger partial charge in [-0.05, 0) is 76.5 Å². The summed E-state index contributed by atoms with van der Waals surface area (Å²) in [6, 6.07) is 5.36. The molecular formula is C16H24BrFN2. The van der Waals surface area contributed by atoms with Crippen LogP contribution in [-0.4, -0.2) is 31.6 Å². The molecule has 1 aromatic carbocycles. The third kappa shape index (κ3) is 4.03. The molecule has 0 saturated carbocycles. The van der Waals surface area contributed by atoms with Gasteiger partial charge in [-0.2, -0.15) is 0 Å². The minimum atomic E-state index is -0.182. The number of rotatable bonds is 5. The first-order valence-electron chi connectivity index (χ1n) is 7.45. The van der Waals surface area contributed by atoms with Crippen molar-refractivity contribution in [3.05, 3.63) is 34.1 Å². The number of nitrogens with one attached hydrogen (secondary N) is 1. The van der Waals surface area contributed by atoms with Crippen molar-refractivity contribution in [2.75, 3.05) is 26.7 Å². The van der Waals surface area contributed by atoms with E-state index in [0.717, 1.165) is 30.0 Å². The number of benzene rings is 1. The van der Waals surface area contributed by atoms with Crippen molar-refractivity contribution < 1.29 is 4.39 Å². The summed E-state index contributed by atoms with van der Waals surface area (Å²) in [5.41, 5.74) is 1.18. The molecule has 0 aliphatic carbocycles. The molecule has 1 saturated heterocycles. The Morgan fingerprint density at radius 1 is 1.40 bits per heavy atom. The van der Waals surface area contributed by atoms with Gasteiger partial charge in [0.2, 0.25) is 0 Å². The zero-order valence-corrected chi connectivity index (χ0v) is 13.9. The van der Waals surface area contributed by atoms with Gasteiger partial charge in [0.25, 0.3) is 0 Å². The van der Waals surface area contributed by atoms with Crippen LogP contribution in [0.2, 0.25) is 0 Å². The Labute approximate surface area is 129 Å². The van der Waals surface area contributed by atoms with Crippen molar-refractivity contribution in [3.8, 4) is 0 Å². The fourth-order valence-corrected chi connectivity index (χ4v) is 3.70. The first-order valence-corrected chi connectivity index (χ1v) is 8.24. The van der Waals surface area contributed by atoms with Gasteiger partial charge < -0.3 is 5.32 Å². The summed E-state index contributed by atoms with van der Waals surface area (Å²) in [6.45, 7) is 5.61. The van der Waals surface area contributed by atoms with Crippen LogP contribution in [0.25, 0.3) is 0 Å². The van der Waals surface area contributed by atoms with Crippen molar-refractivity contribution >= 4 is 15.9 Å². The van der Waals surface area contributed by atoms with Gasteiger partial charge in [0.15, 0.2) is 0 Å². The van der Waals surface area contributed by atoms with Crippen LogP contribution in [0.15, 0.2) is 22.7 Å². The summed E-state index contributed by atoms with van der Waals surface area (Å²) in [6.07, 6.45) is 3.81. The van der Waals surface area contributed by atoms with Crippen LogP contribution in [0.3, 0.4) is 0 Å². The Morgan fingerprint density at radius 2 is 2.10 bits per heavy atom. The van der Waals surface area contributed by atoms with Crippen LogP contribution in [0, 0.1) is 11.7 Å². The molecule has 1 heterocycles. The Bertz CT molecular complexity index is 430. The van der Waals surface area contributed by atoms with Crippen LogP contribution in [0.4, 0.5) is 4.39 Å². The highest BCUT2D eigenvalue weighted by Crippen LogP contribution is 2.31. The molecular weight excluding hydrogens is 319 g/mol. The Balaban J connectivity index is 1.92. The Kier molecular flexibility index (Phi) is 6.00. The van der Waals surface area contributed by atoms with Crippen molar-refractivity contribution in [1.82, 2.24) is 10.2 Å². The largest absolute Gasteiger partial charge is 0.320 e. The molecule has 112 valence electrons. The van der Waals surface area contributed by atoms with E-state index in [2.05, 4.69) is 33.1 Å². The summed E-state index contributed by atoms with van der Waals surface area (Å²) in [4.78, 5) is 2.51. The molecule has 4 heteroatoms. The maximum Gasteiger partial charge on any atom is 0.124 e. The van der Waals surface area contributed by atoms with E-state index >= 15 is 0 Å². The van der Waals surface area contributed by atoms with Gasteiger partial charge in [0.1, 0.15) is 5.82 Å². The van der Waals surface area contributed by atoms with Crippen molar-refractivity contribution in [2.24, 2.45) is 5.92 Å². The molecule has 20 heavy (non-hydrogen) atoms. The van der Waals surface area contributed by atoms with Crippen LogP contribution in [0.5, 0.6) is 0 Å². The average Bonchev–Trinajstić information content (AvgIpc) is 2.45. The third-order valence-electron chi connectivity index (χ3n) is 4.41. The van der Waals surface area contributed by atoms with Gasteiger partial charge in [0, 0.05) is 10.5 Å². The summed E-state index contributed by atoms with van der Waals surface area (Å²) < 4.78 is 14.1. The van der Waals surface area contributed by atoms with Crippen LogP contribution in [0.1, 0.15) is 37.8 Å². The highest BCUT2D eigenvalue weighted by atomic mass is 79.9. The first kappa shape index (κ1) is 15.9. The van der Waals surface area contributed by atoms with Crippen LogP contribution < -0.4 is 5.32 Å². The molecule has 0 spiro atoms. The van der Waals surface area contributed by atoms with E-state index in [9.17, 15) is 4.39 Å². The SMILES string of the molecule is CNCCC1CCN(C(C)c2ccc(F)cc2Br)CC1. The molecule has 1 aliphatic heterocycles. The molecule has 1 N–H and O–H groups in total. The highest BCUT2D eigenvalue weighted by molar-refractivity contribution is 9.10. The number of nitrogens with zero attached hydrogens (tertiary/aromatic N) is 1. The summed E-state index contributed by atoms with van der Waals surface area (Å²) in [5, 5.41) is 3.23. The number of halogens is 2. The minimum Gasteiger partial charge on any atom is -0.320 e. The Morgan fingerprint density at radius 3 is 2.70 bits per heavy atom. The van der Waals surface area contributed by atoms with Crippen molar-refractivity contribution in [1.29, 1.82) is 0 Å². The zero-order valence-electron chi connectivity index (χ0n) is 12.3. The maximum atomic E-state index is 13.2. The van der Waals surface area contributed by atoms with Gasteiger partial charge in [-0.1, -0.05) is 22.0 Å². The summed E-state index contributed by atoms with van der Waals surface area (Å²) >= 11 is 3.49. The van der Waals surface area contributed by atoms with Gasteiger partial charge in [0.05, 0.1) is 0 Å². The molecule has 0 aromatic heterocycles. The van der Waals surface area contributed by atoms with Crippen LogP contribution in [-0.2, 0) is 0 Å². The summed E-state index contributed by atoms with van der Waals surface area (Å²) in [7, 11) is 2.02. The molecule has 1 aliphatic rings. The van der Waals surface area contributed by atoms with E-state index in [1.807, 2.05) is 13.1 Å². The molecule has 1 aromatic rings. The number of piperidine rings is 1. The molecule has 0 bridgehead atoms. The Hall–Kier alpha value is -0.450. The first-order chi connectivity index (χ1) is 9.61. The van der Waals surface area contributed by atoms with Gasteiger partial charge in [-0.3, -0.25) is 4.90 Å². The van der Waals surface area contributed by atoms with E-state index in [-0.39, 0.29) is 5.82 Å². The van der Waals surface area contributed by atoms with E-state index in [1.165, 1.54) is 24.8 Å². The topological polar surface area (TPSA) is 15.3 Å². The van der Waals surface area contributed by atoms with Gasteiger partial charge in [-0.15, -0.1) is 0 Å². The smallest absolute Gasteiger partial charge is 0.124 e. The lowest BCUT2D eigenvalue weighted by Crippen LogP contribution is -2.36. The minimum absolute atomic E-state index is 0.182. The van der Waals surface area contributed by atoms with Gasteiger partial charge in [-0.25, -0.2) is 4.39 Å². The summed E-state index contributed by atoms with van der Waals surface area (Å²) in [5.74, 6) is 0.668. The lowest BCUT2D eigenvalue weighted by molar-refractivity contribution is 0.137. The maximum absolute atomic E-state index is 13.2. The van der Waals surface area contributed by atoms with E-state index in [0.29, 0.717) is 6.04 Å². The second-order valence-electron chi connectivity index (χ2n) is 5.71. The quantitative estimate of drug-likeness (QED) is 0.870. The molecule has 2 nitrogen and oxygen atoms in total.